The van der Waals surface area contributed by atoms with Crippen molar-refractivity contribution in [1.82, 2.24) is 4.90 Å². The molecule has 0 aliphatic carbocycles. The van der Waals surface area contributed by atoms with E-state index in [1.165, 1.54) is 12.1 Å². The number of hydrogen-bond donors (Lipinski definition) is 0. The summed E-state index contributed by atoms with van der Waals surface area (Å²) in [4.78, 5) is 14.8. The van der Waals surface area contributed by atoms with Crippen LogP contribution >= 0.6 is 12.4 Å². The van der Waals surface area contributed by atoms with Crippen LogP contribution in [0.4, 0.5) is 4.39 Å². The molecular formula is C19H23ClFNO2. The van der Waals surface area contributed by atoms with Crippen LogP contribution in [-0.4, -0.2) is 38.4 Å². The molecule has 24 heavy (non-hydrogen) atoms. The second kappa shape index (κ2) is 9.40. The first-order valence-corrected chi connectivity index (χ1v) is 7.57. The van der Waals surface area contributed by atoms with Gasteiger partial charge in [-0.15, -0.1) is 12.4 Å². The predicted molar refractivity (Wildman–Crippen MR) is 96.7 cm³/mol. The maximum Gasteiger partial charge on any atom is 0.167 e. The van der Waals surface area contributed by atoms with E-state index in [4.69, 9.17) is 4.74 Å². The van der Waals surface area contributed by atoms with E-state index in [1.807, 2.05) is 31.1 Å². The van der Waals surface area contributed by atoms with Crippen LogP contribution in [0.3, 0.4) is 0 Å². The van der Waals surface area contributed by atoms with E-state index in [-0.39, 0.29) is 29.9 Å². The fourth-order valence-corrected chi connectivity index (χ4v) is 2.64. The molecule has 0 bridgehead atoms. The van der Waals surface area contributed by atoms with E-state index < -0.39 is 0 Å². The summed E-state index contributed by atoms with van der Waals surface area (Å²) < 4.78 is 18.6. The third-order valence-electron chi connectivity index (χ3n) is 3.68. The van der Waals surface area contributed by atoms with Crippen molar-refractivity contribution in [3.63, 3.8) is 0 Å². The highest BCUT2D eigenvalue weighted by Gasteiger charge is 2.22. The van der Waals surface area contributed by atoms with Crippen molar-refractivity contribution in [1.29, 1.82) is 0 Å². The number of nitrogens with zero attached hydrogens (tertiary/aromatic N) is 1. The van der Waals surface area contributed by atoms with Gasteiger partial charge in [0.15, 0.2) is 5.78 Å². The van der Waals surface area contributed by atoms with Crippen molar-refractivity contribution in [2.45, 2.75) is 6.42 Å². The van der Waals surface area contributed by atoms with Gasteiger partial charge in [0.1, 0.15) is 11.6 Å². The molecule has 0 unspecified atom stereocenters. The van der Waals surface area contributed by atoms with Crippen molar-refractivity contribution < 1.29 is 13.9 Å². The minimum atomic E-state index is -0.278. The van der Waals surface area contributed by atoms with Crippen molar-refractivity contribution >= 4 is 18.2 Å². The van der Waals surface area contributed by atoms with Crippen LogP contribution in [0.2, 0.25) is 0 Å². The van der Waals surface area contributed by atoms with Crippen LogP contribution in [0.25, 0.3) is 0 Å². The van der Waals surface area contributed by atoms with E-state index >= 15 is 0 Å². The summed E-state index contributed by atoms with van der Waals surface area (Å²) in [6, 6.07) is 13.6. The number of methoxy groups -OCH3 is 1. The summed E-state index contributed by atoms with van der Waals surface area (Å²) in [6.45, 7) is 0.604. The SMILES string of the molecule is COc1cccc(C(=O)[C@H](Cc2cccc(F)c2)CN(C)C)c1.Cl. The van der Waals surface area contributed by atoms with Crippen molar-refractivity contribution in [3.8, 4) is 5.75 Å². The van der Waals surface area contributed by atoms with Gasteiger partial charge in [-0.2, -0.15) is 0 Å². The fourth-order valence-electron chi connectivity index (χ4n) is 2.64. The number of carbonyl (C=O) groups excluding carboxylic acids is 1. The molecule has 0 aliphatic rings. The Morgan fingerprint density at radius 2 is 1.88 bits per heavy atom. The van der Waals surface area contributed by atoms with Crippen LogP contribution in [-0.2, 0) is 6.42 Å². The van der Waals surface area contributed by atoms with Gasteiger partial charge in [-0.25, -0.2) is 4.39 Å². The lowest BCUT2D eigenvalue weighted by Crippen LogP contribution is -2.29. The van der Waals surface area contributed by atoms with Gasteiger partial charge < -0.3 is 9.64 Å². The maximum atomic E-state index is 13.4. The van der Waals surface area contributed by atoms with Gasteiger partial charge >= 0.3 is 0 Å². The van der Waals surface area contributed by atoms with Gasteiger partial charge in [0.25, 0.3) is 0 Å². The molecule has 0 aromatic heterocycles. The Hall–Kier alpha value is -1.91. The highest BCUT2D eigenvalue weighted by Crippen LogP contribution is 2.20. The topological polar surface area (TPSA) is 29.5 Å². The summed E-state index contributed by atoms with van der Waals surface area (Å²) in [5.74, 6) is 0.186. The summed E-state index contributed by atoms with van der Waals surface area (Å²) >= 11 is 0. The zero-order valence-electron chi connectivity index (χ0n) is 14.2. The molecule has 0 aliphatic heterocycles. The first-order chi connectivity index (χ1) is 11.0. The number of ether oxygens (including phenoxy) is 1. The predicted octanol–water partition coefficient (Wildman–Crippen LogP) is 3.86. The van der Waals surface area contributed by atoms with Gasteiger partial charge in [0.05, 0.1) is 7.11 Å². The lowest BCUT2D eigenvalue weighted by molar-refractivity contribution is 0.0896. The molecule has 2 aromatic carbocycles. The molecule has 2 aromatic rings. The van der Waals surface area contributed by atoms with Gasteiger partial charge in [0, 0.05) is 18.0 Å². The molecule has 2 rings (SSSR count). The smallest absolute Gasteiger partial charge is 0.167 e. The van der Waals surface area contributed by atoms with Crippen LogP contribution in [0.15, 0.2) is 48.5 Å². The van der Waals surface area contributed by atoms with E-state index in [1.54, 1.807) is 31.4 Å². The number of hydrogen-bond acceptors (Lipinski definition) is 3. The minimum absolute atomic E-state index is 0. The Morgan fingerprint density at radius 1 is 1.17 bits per heavy atom. The largest absolute Gasteiger partial charge is 0.497 e. The second-order valence-electron chi connectivity index (χ2n) is 5.89. The standard InChI is InChI=1S/C19H22FNO2.ClH/c1-21(2)13-16(10-14-6-4-8-17(20)11-14)19(22)15-7-5-9-18(12-15)23-3;/h4-9,11-12,16H,10,13H2,1-3H3;1H/t16-;/m1./s1. The van der Waals surface area contributed by atoms with E-state index in [9.17, 15) is 9.18 Å². The van der Waals surface area contributed by atoms with E-state index in [0.717, 1.165) is 5.56 Å². The Bertz CT molecular complexity index is 676. The average molecular weight is 352 g/mol. The van der Waals surface area contributed by atoms with Gasteiger partial charge in [-0.3, -0.25) is 4.79 Å². The lowest BCUT2D eigenvalue weighted by atomic mass is 9.90. The molecule has 0 N–H and O–H groups in total. The Morgan fingerprint density at radius 3 is 2.50 bits per heavy atom. The number of halogens is 2. The first-order valence-electron chi connectivity index (χ1n) is 7.57. The molecule has 0 saturated heterocycles. The molecular weight excluding hydrogens is 329 g/mol. The van der Waals surface area contributed by atoms with Gasteiger partial charge in [-0.1, -0.05) is 24.3 Å². The molecule has 0 heterocycles. The fraction of sp³-hybridized carbons (Fsp3) is 0.316. The van der Waals surface area contributed by atoms with Gasteiger partial charge in [-0.05, 0) is 50.3 Å². The molecule has 1 atom stereocenters. The molecule has 0 radical (unpaired) electrons. The number of Topliss-reactive ketones (excluding diaryl/α,β-unsaturated/α-hetero) is 1. The zero-order chi connectivity index (χ0) is 16.8. The third-order valence-corrected chi connectivity index (χ3v) is 3.68. The number of benzene rings is 2. The van der Waals surface area contributed by atoms with Crippen LogP contribution < -0.4 is 4.74 Å². The summed E-state index contributed by atoms with van der Waals surface area (Å²) in [5, 5.41) is 0. The highest BCUT2D eigenvalue weighted by molar-refractivity contribution is 5.98. The molecule has 130 valence electrons. The Labute approximate surface area is 148 Å². The Balaban J connectivity index is 0.00000288. The zero-order valence-corrected chi connectivity index (χ0v) is 15.0. The Kier molecular flexibility index (Phi) is 7.89. The average Bonchev–Trinajstić information content (AvgIpc) is 2.53. The summed E-state index contributed by atoms with van der Waals surface area (Å²) in [7, 11) is 5.43. The summed E-state index contributed by atoms with van der Waals surface area (Å²) in [5.41, 5.74) is 1.45. The monoisotopic (exact) mass is 351 g/mol. The number of rotatable bonds is 7. The normalized spacial score (nSPS) is 11.7. The van der Waals surface area contributed by atoms with E-state index in [2.05, 4.69) is 0 Å². The molecule has 0 saturated carbocycles. The lowest BCUT2D eigenvalue weighted by Gasteiger charge is -2.20. The third kappa shape index (κ3) is 5.62. The van der Waals surface area contributed by atoms with E-state index in [0.29, 0.717) is 24.3 Å². The van der Waals surface area contributed by atoms with Crippen LogP contribution in [0.1, 0.15) is 15.9 Å². The molecule has 3 nitrogen and oxygen atoms in total. The molecule has 0 fully saturated rings. The van der Waals surface area contributed by atoms with Crippen molar-refractivity contribution in [2.24, 2.45) is 5.92 Å². The van der Waals surface area contributed by atoms with Crippen LogP contribution in [0, 0.1) is 11.7 Å². The summed E-state index contributed by atoms with van der Waals surface area (Å²) in [6.07, 6.45) is 0.506. The number of ketones is 1. The second-order valence-corrected chi connectivity index (χ2v) is 5.89. The molecule has 5 heteroatoms. The maximum absolute atomic E-state index is 13.4. The minimum Gasteiger partial charge on any atom is -0.497 e. The molecule has 0 amide bonds. The van der Waals surface area contributed by atoms with Crippen molar-refractivity contribution in [2.75, 3.05) is 27.7 Å². The van der Waals surface area contributed by atoms with Crippen molar-refractivity contribution in [3.05, 3.63) is 65.5 Å². The first kappa shape index (κ1) is 20.1. The number of carbonyl (C=O) groups is 1. The molecule has 0 spiro atoms. The highest BCUT2D eigenvalue weighted by atomic mass is 35.5. The quantitative estimate of drug-likeness (QED) is 0.709. The van der Waals surface area contributed by atoms with Crippen LogP contribution in [0.5, 0.6) is 5.75 Å². The van der Waals surface area contributed by atoms with Gasteiger partial charge in [0.2, 0.25) is 0 Å².